The summed E-state index contributed by atoms with van der Waals surface area (Å²) in [4.78, 5) is 28.0. The number of rotatable bonds is 2. The summed E-state index contributed by atoms with van der Waals surface area (Å²) in [6.45, 7) is 0. The van der Waals surface area contributed by atoms with Crippen LogP contribution in [0.1, 0.15) is 24.4 Å². The average Bonchev–Trinajstić information content (AvgIpc) is 2.92. The fourth-order valence-corrected chi connectivity index (χ4v) is 11.2. The number of carbonyl (C=O) groups is 2. The van der Waals surface area contributed by atoms with Gasteiger partial charge in [-0.25, -0.2) is 21.6 Å². The molecule has 2 aliphatic heterocycles. The second-order valence-electron chi connectivity index (χ2n) is 9.52. The number of hydrogen-bond acceptors (Lipinski definition) is 7. The number of Topliss-reactive ketones (excluding diaryl/α,β-unsaturated/α-hetero) is 1. The standard InChI is InChI=1S/C28H23NO7S2/c30-22-17-21(18-9-3-1-4-10-18)29(28(31)36-19-11-5-2-6-12-19)26-20(22)15-16-25-27(26)38(34,35)24-14-8-7-13-23(24)37(25,32)33/h1-15,21,25-27H,16-17H2/t21-,25+,26-,27+/m1/s1. The van der Waals surface area contributed by atoms with Gasteiger partial charge < -0.3 is 4.74 Å². The van der Waals surface area contributed by atoms with Gasteiger partial charge in [-0.15, -0.1) is 0 Å². The molecule has 10 heteroatoms. The van der Waals surface area contributed by atoms with Gasteiger partial charge in [-0.1, -0.05) is 66.7 Å². The zero-order valence-electron chi connectivity index (χ0n) is 20.0. The average molecular weight is 550 g/mol. The molecule has 0 unspecified atom stereocenters. The molecule has 4 atom stereocenters. The van der Waals surface area contributed by atoms with E-state index < -0.39 is 48.4 Å². The predicted molar refractivity (Wildman–Crippen MR) is 138 cm³/mol. The van der Waals surface area contributed by atoms with Gasteiger partial charge in [-0.3, -0.25) is 9.69 Å². The molecule has 1 saturated heterocycles. The maximum atomic E-state index is 14.1. The van der Waals surface area contributed by atoms with Crippen molar-refractivity contribution in [2.75, 3.05) is 0 Å². The lowest BCUT2D eigenvalue weighted by atomic mass is 9.80. The number of benzene rings is 3. The van der Waals surface area contributed by atoms with Crippen molar-refractivity contribution in [2.45, 2.75) is 45.2 Å². The largest absolute Gasteiger partial charge is 0.416 e. The molecule has 1 fully saturated rings. The van der Waals surface area contributed by atoms with Gasteiger partial charge >= 0.3 is 6.09 Å². The van der Waals surface area contributed by atoms with E-state index in [0.717, 1.165) is 0 Å². The molecule has 3 aliphatic rings. The fourth-order valence-electron chi connectivity index (χ4n) is 5.79. The highest BCUT2D eigenvalue weighted by atomic mass is 32.2. The van der Waals surface area contributed by atoms with E-state index in [4.69, 9.17) is 4.74 Å². The summed E-state index contributed by atoms with van der Waals surface area (Å²) in [7, 11) is -8.36. The molecule has 0 N–H and O–H groups in total. The number of para-hydroxylation sites is 1. The second kappa shape index (κ2) is 8.92. The van der Waals surface area contributed by atoms with Crippen LogP contribution in [0, 0.1) is 0 Å². The zero-order valence-corrected chi connectivity index (χ0v) is 21.6. The Morgan fingerprint density at radius 2 is 1.37 bits per heavy atom. The first kappa shape index (κ1) is 24.6. The van der Waals surface area contributed by atoms with E-state index in [-0.39, 0.29) is 39.7 Å². The first-order chi connectivity index (χ1) is 18.2. The lowest BCUT2D eigenvalue weighted by Crippen LogP contribution is -2.63. The van der Waals surface area contributed by atoms with E-state index in [0.29, 0.717) is 5.56 Å². The topological polar surface area (TPSA) is 115 Å². The van der Waals surface area contributed by atoms with E-state index in [1.54, 1.807) is 60.7 Å². The van der Waals surface area contributed by atoms with Crippen LogP contribution in [0.2, 0.25) is 0 Å². The number of amides is 1. The number of fused-ring (bicyclic) bond motifs is 4. The van der Waals surface area contributed by atoms with E-state index in [2.05, 4.69) is 0 Å². The number of allylic oxidation sites excluding steroid dienone is 1. The van der Waals surface area contributed by atoms with Crippen LogP contribution in [-0.2, 0) is 24.5 Å². The van der Waals surface area contributed by atoms with Gasteiger partial charge in [0.15, 0.2) is 25.5 Å². The van der Waals surface area contributed by atoms with Crippen LogP contribution < -0.4 is 4.74 Å². The van der Waals surface area contributed by atoms with Gasteiger partial charge in [0.2, 0.25) is 0 Å². The third kappa shape index (κ3) is 3.70. The van der Waals surface area contributed by atoms with Crippen LogP contribution in [0.25, 0.3) is 0 Å². The molecule has 0 aromatic heterocycles. The highest BCUT2D eigenvalue weighted by Gasteiger charge is 2.60. The molecule has 6 rings (SSSR count). The molecule has 3 aromatic rings. The Kier molecular flexibility index (Phi) is 5.77. The first-order valence-corrected chi connectivity index (χ1v) is 15.2. The molecule has 0 bridgehead atoms. The number of ketones is 1. The van der Waals surface area contributed by atoms with Crippen LogP contribution in [0.3, 0.4) is 0 Å². The van der Waals surface area contributed by atoms with E-state index >= 15 is 0 Å². The molecule has 194 valence electrons. The second-order valence-corrected chi connectivity index (χ2v) is 13.7. The summed E-state index contributed by atoms with van der Waals surface area (Å²) >= 11 is 0. The number of hydrogen-bond donors (Lipinski definition) is 0. The summed E-state index contributed by atoms with van der Waals surface area (Å²) in [6.07, 6.45) is 0.395. The Bertz CT molecular complexity index is 1680. The summed E-state index contributed by atoms with van der Waals surface area (Å²) in [5.41, 5.74) is 0.741. The van der Waals surface area contributed by atoms with Crippen molar-refractivity contribution in [1.29, 1.82) is 0 Å². The predicted octanol–water partition coefficient (Wildman–Crippen LogP) is 3.90. The van der Waals surface area contributed by atoms with Crippen molar-refractivity contribution in [2.24, 2.45) is 0 Å². The van der Waals surface area contributed by atoms with Crippen molar-refractivity contribution in [3.63, 3.8) is 0 Å². The Hall–Kier alpha value is -3.76. The van der Waals surface area contributed by atoms with E-state index in [1.165, 1.54) is 35.2 Å². The molecule has 1 amide bonds. The maximum Gasteiger partial charge on any atom is 0.416 e. The third-order valence-corrected chi connectivity index (χ3v) is 12.3. The first-order valence-electron chi connectivity index (χ1n) is 12.1. The number of nitrogens with zero attached hydrogens (tertiary/aromatic N) is 1. The normalized spacial score (nSPS) is 26.8. The van der Waals surface area contributed by atoms with Gasteiger partial charge in [0, 0.05) is 12.0 Å². The Labute approximate surface area is 220 Å². The summed E-state index contributed by atoms with van der Waals surface area (Å²) in [5.74, 6) is -0.0823. The van der Waals surface area contributed by atoms with E-state index in [9.17, 15) is 26.4 Å². The van der Waals surface area contributed by atoms with Crippen molar-refractivity contribution in [3.8, 4) is 5.75 Å². The fraction of sp³-hybridized carbons (Fsp3) is 0.214. The van der Waals surface area contributed by atoms with Crippen LogP contribution in [-0.4, -0.2) is 50.2 Å². The number of carbonyl (C=O) groups excluding carboxylic acids is 2. The smallest absolute Gasteiger partial charge is 0.410 e. The lowest BCUT2D eigenvalue weighted by molar-refractivity contribution is -0.119. The molecule has 2 heterocycles. The van der Waals surface area contributed by atoms with Gasteiger partial charge in [0.1, 0.15) is 11.0 Å². The molecule has 38 heavy (non-hydrogen) atoms. The number of likely N-dealkylation sites (tertiary alicyclic amines) is 1. The molecule has 0 spiro atoms. The third-order valence-electron chi connectivity index (χ3n) is 7.47. The summed E-state index contributed by atoms with van der Waals surface area (Å²) < 4.78 is 61.2. The van der Waals surface area contributed by atoms with Gasteiger partial charge in [-0.05, 0) is 36.2 Å². The summed E-state index contributed by atoms with van der Waals surface area (Å²) in [6, 6.07) is 20.4. The van der Waals surface area contributed by atoms with Crippen molar-refractivity contribution in [1.82, 2.24) is 4.90 Å². The summed E-state index contributed by atoms with van der Waals surface area (Å²) in [5, 5.41) is -2.92. The quantitative estimate of drug-likeness (QED) is 0.476. The Morgan fingerprint density at radius 3 is 2.03 bits per heavy atom. The minimum Gasteiger partial charge on any atom is -0.410 e. The van der Waals surface area contributed by atoms with Gasteiger partial charge in [0.25, 0.3) is 0 Å². The molecule has 0 radical (unpaired) electrons. The number of piperidine rings is 1. The van der Waals surface area contributed by atoms with Crippen molar-refractivity contribution in [3.05, 3.63) is 102 Å². The minimum atomic E-state index is -4.27. The Balaban J connectivity index is 1.56. The molecule has 0 saturated carbocycles. The van der Waals surface area contributed by atoms with E-state index in [1.807, 2.05) is 0 Å². The highest BCUT2D eigenvalue weighted by Crippen LogP contribution is 2.48. The molecule has 8 nitrogen and oxygen atoms in total. The monoisotopic (exact) mass is 549 g/mol. The molecule has 1 aliphatic carbocycles. The molecule has 3 aromatic carbocycles. The van der Waals surface area contributed by atoms with Crippen molar-refractivity contribution >= 4 is 31.6 Å². The van der Waals surface area contributed by atoms with Crippen LogP contribution in [0.5, 0.6) is 5.75 Å². The number of ether oxygens (including phenoxy) is 1. The Morgan fingerprint density at radius 1 is 0.789 bits per heavy atom. The van der Waals surface area contributed by atoms with Crippen LogP contribution in [0.4, 0.5) is 4.79 Å². The number of sulfone groups is 2. The van der Waals surface area contributed by atoms with Crippen LogP contribution >= 0.6 is 0 Å². The SMILES string of the molecule is O=C1C[C@H](c2ccccc2)N(C(=O)Oc2ccccc2)[C@@H]2C1=CC[C@H]1[C@@H]2S(=O)(=O)c2ccccc2S1(=O)=O. The minimum absolute atomic E-state index is 0.0863. The van der Waals surface area contributed by atoms with Crippen molar-refractivity contribution < 1.29 is 31.2 Å². The van der Waals surface area contributed by atoms with Gasteiger partial charge in [0.05, 0.1) is 27.1 Å². The zero-order chi connectivity index (χ0) is 26.7. The molecular weight excluding hydrogens is 526 g/mol. The lowest BCUT2D eigenvalue weighted by Gasteiger charge is -2.49. The van der Waals surface area contributed by atoms with Crippen LogP contribution in [0.15, 0.2) is 106 Å². The van der Waals surface area contributed by atoms with Gasteiger partial charge in [-0.2, -0.15) is 0 Å². The molecular formula is C28H23NO7S2. The highest BCUT2D eigenvalue weighted by molar-refractivity contribution is 7.98. The maximum absolute atomic E-state index is 14.1.